The molecule has 1 aliphatic carbocycles. The van der Waals surface area contributed by atoms with E-state index in [-0.39, 0.29) is 17.8 Å². The molecule has 2 rings (SSSR count). The molecule has 0 radical (unpaired) electrons. The van der Waals surface area contributed by atoms with Crippen molar-refractivity contribution in [2.24, 2.45) is 11.8 Å². The van der Waals surface area contributed by atoms with Crippen LogP contribution in [0, 0.1) is 11.8 Å². The van der Waals surface area contributed by atoms with Crippen LogP contribution in [0.5, 0.6) is 0 Å². The first-order valence-corrected chi connectivity index (χ1v) is 7.46. The van der Waals surface area contributed by atoms with Gasteiger partial charge in [0.05, 0.1) is 5.92 Å². The second kappa shape index (κ2) is 6.42. The average Bonchev–Trinajstić information content (AvgIpc) is 2.63. The smallest absolute Gasteiger partial charge is 0.306 e. The summed E-state index contributed by atoms with van der Waals surface area (Å²) in [5.41, 5.74) is 1.13. The molecular formula is C16H21ClO2. The predicted molar refractivity (Wildman–Crippen MR) is 77.6 cm³/mol. The summed E-state index contributed by atoms with van der Waals surface area (Å²) in [6.45, 7) is 1.84. The number of carboxylic acids is 1. The van der Waals surface area contributed by atoms with Crippen molar-refractivity contribution in [2.45, 2.75) is 44.9 Å². The molecule has 2 nitrogen and oxygen atoms in total. The van der Waals surface area contributed by atoms with Crippen molar-refractivity contribution in [3.63, 3.8) is 0 Å². The number of rotatable bonds is 3. The van der Waals surface area contributed by atoms with Crippen molar-refractivity contribution in [1.29, 1.82) is 0 Å². The molecule has 1 N–H and O–H groups in total. The van der Waals surface area contributed by atoms with E-state index in [1.54, 1.807) is 0 Å². The van der Waals surface area contributed by atoms with Crippen molar-refractivity contribution in [3.05, 3.63) is 34.9 Å². The molecule has 0 spiro atoms. The minimum atomic E-state index is -0.691. The van der Waals surface area contributed by atoms with E-state index in [1.165, 1.54) is 12.8 Å². The van der Waals surface area contributed by atoms with Gasteiger partial charge < -0.3 is 5.11 Å². The Morgan fingerprint density at radius 2 is 1.95 bits per heavy atom. The van der Waals surface area contributed by atoms with Gasteiger partial charge in [0.25, 0.3) is 0 Å². The zero-order valence-electron chi connectivity index (χ0n) is 11.3. The number of halogens is 1. The molecule has 1 fully saturated rings. The fourth-order valence-electron chi connectivity index (χ4n) is 3.28. The highest BCUT2D eigenvalue weighted by Gasteiger charge is 2.33. The van der Waals surface area contributed by atoms with Crippen LogP contribution in [-0.2, 0) is 4.79 Å². The average molecular weight is 281 g/mol. The molecule has 0 aliphatic heterocycles. The van der Waals surface area contributed by atoms with Gasteiger partial charge in [0.2, 0.25) is 0 Å². The quantitative estimate of drug-likeness (QED) is 0.813. The van der Waals surface area contributed by atoms with Crippen molar-refractivity contribution < 1.29 is 9.90 Å². The lowest BCUT2D eigenvalue weighted by Gasteiger charge is -2.29. The van der Waals surface area contributed by atoms with Crippen LogP contribution in [0.2, 0.25) is 5.02 Å². The van der Waals surface area contributed by atoms with E-state index in [1.807, 2.05) is 25.1 Å². The normalized spacial score (nSPS) is 25.6. The number of aliphatic carboxylic acids is 1. The van der Waals surface area contributed by atoms with Crippen LogP contribution >= 0.6 is 11.6 Å². The number of carbonyl (C=O) groups is 1. The van der Waals surface area contributed by atoms with E-state index in [4.69, 9.17) is 11.6 Å². The number of hydrogen-bond donors (Lipinski definition) is 1. The van der Waals surface area contributed by atoms with Crippen LogP contribution in [0.4, 0.5) is 0 Å². The first-order valence-electron chi connectivity index (χ1n) is 7.08. The minimum Gasteiger partial charge on any atom is -0.481 e. The molecule has 3 heteroatoms. The molecule has 1 aromatic carbocycles. The summed E-state index contributed by atoms with van der Waals surface area (Å²) in [6, 6.07) is 7.89. The Hall–Kier alpha value is -1.02. The maximum atomic E-state index is 11.3. The lowest BCUT2D eigenvalue weighted by molar-refractivity contribution is -0.143. The van der Waals surface area contributed by atoms with Gasteiger partial charge in [-0.3, -0.25) is 4.79 Å². The zero-order chi connectivity index (χ0) is 13.8. The summed E-state index contributed by atoms with van der Waals surface area (Å²) in [4.78, 5) is 11.3. The topological polar surface area (TPSA) is 37.3 Å². The monoisotopic (exact) mass is 280 g/mol. The first-order chi connectivity index (χ1) is 9.11. The van der Waals surface area contributed by atoms with E-state index in [0.29, 0.717) is 0 Å². The minimum absolute atomic E-state index is 0.194. The van der Waals surface area contributed by atoms with Gasteiger partial charge in [0.1, 0.15) is 0 Å². The summed E-state index contributed by atoms with van der Waals surface area (Å²) >= 11 is 6.31. The van der Waals surface area contributed by atoms with E-state index in [0.717, 1.165) is 29.8 Å². The Morgan fingerprint density at radius 1 is 1.26 bits per heavy atom. The molecule has 0 bridgehead atoms. The van der Waals surface area contributed by atoms with E-state index in [9.17, 15) is 9.90 Å². The van der Waals surface area contributed by atoms with Crippen LogP contribution in [0.25, 0.3) is 0 Å². The van der Waals surface area contributed by atoms with E-state index < -0.39 is 5.97 Å². The third kappa shape index (κ3) is 3.30. The lowest BCUT2D eigenvalue weighted by atomic mass is 9.75. The molecular weight excluding hydrogens is 260 g/mol. The Kier molecular flexibility index (Phi) is 4.87. The van der Waals surface area contributed by atoms with E-state index in [2.05, 4.69) is 6.07 Å². The molecule has 3 atom stereocenters. The van der Waals surface area contributed by atoms with Gasteiger partial charge in [-0.1, -0.05) is 56.0 Å². The fraction of sp³-hybridized carbons (Fsp3) is 0.562. The summed E-state index contributed by atoms with van der Waals surface area (Å²) in [6.07, 6.45) is 5.53. The van der Waals surface area contributed by atoms with Crippen LogP contribution in [0.3, 0.4) is 0 Å². The van der Waals surface area contributed by atoms with Crippen molar-refractivity contribution >= 4 is 17.6 Å². The third-order valence-electron chi connectivity index (χ3n) is 4.41. The SMILES string of the molecule is CC(C(=O)O)C1CCCCCC1c1ccccc1Cl. The second-order valence-electron chi connectivity index (χ2n) is 5.56. The van der Waals surface area contributed by atoms with Crippen LogP contribution in [0.1, 0.15) is 50.5 Å². The van der Waals surface area contributed by atoms with E-state index >= 15 is 0 Å². The zero-order valence-corrected chi connectivity index (χ0v) is 12.1. The van der Waals surface area contributed by atoms with Crippen molar-refractivity contribution in [3.8, 4) is 0 Å². The van der Waals surface area contributed by atoms with Crippen LogP contribution in [0.15, 0.2) is 24.3 Å². The van der Waals surface area contributed by atoms with Crippen molar-refractivity contribution in [2.75, 3.05) is 0 Å². The maximum Gasteiger partial charge on any atom is 0.306 e. The highest BCUT2D eigenvalue weighted by Crippen LogP contribution is 2.42. The molecule has 0 aromatic heterocycles. The Labute approximate surface area is 119 Å². The maximum absolute atomic E-state index is 11.3. The predicted octanol–water partition coefficient (Wildman–Crippen LogP) is 4.72. The van der Waals surface area contributed by atoms with Gasteiger partial charge in [-0.15, -0.1) is 0 Å². The molecule has 19 heavy (non-hydrogen) atoms. The Bertz CT molecular complexity index is 444. The fourth-order valence-corrected chi connectivity index (χ4v) is 3.56. The summed E-state index contributed by atoms with van der Waals surface area (Å²) in [7, 11) is 0. The summed E-state index contributed by atoms with van der Waals surface area (Å²) < 4.78 is 0. The number of carboxylic acid groups (broad SMARTS) is 1. The molecule has 0 amide bonds. The van der Waals surface area contributed by atoms with Gasteiger partial charge in [0, 0.05) is 5.02 Å². The highest BCUT2D eigenvalue weighted by atomic mass is 35.5. The Morgan fingerprint density at radius 3 is 2.63 bits per heavy atom. The van der Waals surface area contributed by atoms with Gasteiger partial charge in [-0.25, -0.2) is 0 Å². The van der Waals surface area contributed by atoms with Gasteiger partial charge in [0.15, 0.2) is 0 Å². The van der Waals surface area contributed by atoms with Gasteiger partial charge >= 0.3 is 5.97 Å². The van der Waals surface area contributed by atoms with Crippen LogP contribution in [-0.4, -0.2) is 11.1 Å². The molecule has 1 aliphatic rings. The van der Waals surface area contributed by atoms with Crippen molar-refractivity contribution in [1.82, 2.24) is 0 Å². The first kappa shape index (κ1) is 14.4. The largest absolute Gasteiger partial charge is 0.481 e. The lowest BCUT2D eigenvalue weighted by Crippen LogP contribution is -2.26. The standard InChI is InChI=1S/C16H21ClO2/c1-11(16(18)19)12-7-3-2-4-8-13(12)14-9-5-6-10-15(14)17/h5-6,9-13H,2-4,7-8H2,1H3,(H,18,19). The molecule has 104 valence electrons. The van der Waals surface area contributed by atoms with Gasteiger partial charge in [-0.05, 0) is 36.3 Å². The molecule has 0 saturated heterocycles. The molecule has 0 heterocycles. The second-order valence-corrected chi connectivity index (χ2v) is 5.96. The number of benzene rings is 1. The molecule has 1 saturated carbocycles. The third-order valence-corrected chi connectivity index (χ3v) is 4.75. The molecule has 3 unspecified atom stereocenters. The summed E-state index contributed by atoms with van der Waals surface area (Å²) in [5, 5.41) is 10.1. The number of hydrogen-bond acceptors (Lipinski definition) is 1. The molecule has 1 aromatic rings. The highest BCUT2D eigenvalue weighted by molar-refractivity contribution is 6.31. The van der Waals surface area contributed by atoms with Crippen LogP contribution < -0.4 is 0 Å². The Balaban J connectivity index is 2.32. The summed E-state index contributed by atoms with van der Waals surface area (Å²) in [5.74, 6) is -0.523. The van der Waals surface area contributed by atoms with Gasteiger partial charge in [-0.2, -0.15) is 0 Å².